The van der Waals surface area contributed by atoms with E-state index in [4.69, 9.17) is 5.11 Å². The number of allylic oxidation sites excluding steroid dienone is 1. The molecule has 0 aliphatic heterocycles. The molecule has 0 atom stereocenters. The minimum Gasteiger partial charge on any atom is -0.478 e. The molecule has 1 aromatic heterocycles. The third-order valence-corrected chi connectivity index (χ3v) is 0.922. The average molecular weight is 168 g/mol. The van der Waals surface area contributed by atoms with Gasteiger partial charge in [-0.3, -0.25) is 0 Å². The van der Waals surface area contributed by atoms with Gasteiger partial charge in [0.05, 0.1) is 12.5 Å². The first-order chi connectivity index (χ1) is 5.77. The molecule has 0 bridgehead atoms. The smallest absolute Gasteiger partial charge is 0.327 e. The maximum absolute atomic E-state index is 9.67. The van der Waals surface area contributed by atoms with Gasteiger partial charge in [-0.05, 0) is 18.6 Å². The van der Waals surface area contributed by atoms with E-state index < -0.39 is 5.97 Å². The van der Waals surface area contributed by atoms with Crippen LogP contribution in [0, 0.1) is 0 Å². The summed E-state index contributed by atoms with van der Waals surface area (Å²) in [6.07, 6.45) is 6.77. The Hall–Kier alpha value is -1.51. The summed E-state index contributed by atoms with van der Waals surface area (Å²) in [7, 11) is 0. The largest absolute Gasteiger partial charge is 0.478 e. The number of hydrogen-bond acceptors (Lipinski definition) is 2. The van der Waals surface area contributed by atoms with Crippen molar-refractivity contribution in [2.45, 2.75) is 13.3 Å². The molecule has 0 aromatic carbocycles. The van der Waals surface area contributed by atoms with Crippen LogP contribution in [0.5, 0.6) is 0 Å². The van der Waals surface area contributed by atoms with E-state index in [1.807, 2.05) is 19.1 Å². The van der Waals surface area contributed by atoms with Crippen molar-refractivity contribution in [2.24, 2.45) is 0 Å². The molecule has 0 spiro atoms. The molecule has 0 saturated heterocycles. The summed E-state index contributed by atoms with van der Waals surface area (Å²) >= 11 is 0. The lowest BCUT2D eigenvalue weighted by molar-refractivity contribution is -0.131. The highest BCUT2D eigenvalue weighted by Gasteiger charge is 1.79. The summed E-state index contributed by atoms with van der Waals surface area (Å²) < 4.78 is 4.58. The highest BCUT2D eigenvalue weighted by molar-refractivity contribution is 5.79. The third kappa shape index (κ3) is 8.49. The van der Waals surface area contributed by atoms with Crippen molar-refractivity contribution >= 4 is 5.97 Å². The molecule has 0 aliphatic rings. The van der Waals surface area contributed by atoms with Crippen molar-refractivity contribution in [1.29, 1.82) is 0 Å². The Morgan fingerprint density at radius 2 is 2.08 bits per heavy atom. The Morgan fingerprint density at radius 1 is 1.50 bits per heavy atom. The molecule has 1 rings (SSSR count). The molecular weight excluding hydrogens is 156 g/mol. The van der Waals surface area contributed by atoms with E-state index in [-0.39, 0.29) is 0 Å². The van der Waals surface area contributed by atoms with Crippen LogP contribution in [-0.2, 0) is 4.79 Å². The molecule has 3 heteroatoms. The van der Waals surface area contributed by atoms with Crippen LogP contribution in [0.1, 0.15) is 13.3 Å². The van der Waals surface area contributed by atoms with Gasteiger partial charge in [0.2, 0.25) is 0 Å². The second kappa shape index (κ2) is 7.60. The molecule has 1 N–H and O–H groups in total. The zero-order valence-electron chi connectivity index (χ0n) is 6.93. The summed E-state index contributed by atoms with van der Waals surface area (Å²) in [4.78, 5) is 9.67. The summed E-state index contributed by atoms with van der Waals surface area (Å²) in [5.74, 6) is -0.873. The van der Waals surface area contributed by atoms with Gasteiger partial charge in [0.15, 0.2) is 0 Å². The zero-order chi connectivity index (χ0) is 9.23. The maximum Gasteiger partial charge on any atom is 0.327 e. The van der Waals surface area contributed by atoms with Gasteiger partial charge >= 0.3 is 5.97 Å². The van der Waals surface area contributed by atoms with Crippen LogP contribution < -0.4 is 0 Å². The zero-order valence-corrected chi connectivity index (χ0v) is 6.93. The molecule has 3 nitrogen and oxygen atoms in total. The molecule has 0 fully saturated rings. The predicted molar refractivity (Wildman–Crippen MR) is 45.8 cm³/mol. The first-order valence-electron chi connectivity index (χ1n) is 3.64. The number of carbonyl (C=O) groups is 1. The van der Waals surface area contributed by atoms with Gasteiger partial charge in [0.25, 0.3) is 0 Å². The van der Waals surface area contributed by atoms with Crippen LogP contribution in [0.4, 0.5) is 0 Å². The molecule has 1 aromatic rings. The summed E-state index contributed by atoms with van der Waals surface area (Å²) in [5.41, 5.74) is 0. The van der Waals surface area contributed by atoms with Crippen molar-refractivity contribution in [1.82, 2.24) is 0 Å². The number of hydrogen-bond donors (Lipinski definition) is 1. The SMILES string of the molecule is CCC=CC(=O)O.c1ccoc1. The second-order valence-electron chi connectivity index (χ2n) is 1.94. The van der Waals surface area contributed by atoms with Gasteiger partial charge < -0.3 is 9.52 Å². The Labute approximate surface area is 71.3 Å². The maximum atomic E-state index is 9.67. The molecule has 0 radical (unpaired) electrons. The molecule has 0 aliphatic carbocycles. The monoisotopic (exact) mass is 168 g/mol. The molecule has 1 heterocycles. The fraction of sp³-hybridized carbons (Fsp3) is 0.222. The highest BCUT2D eigenvalue weighted by atomic mass is 16.4. The third-order valence-electron chi connectivity index (χ3n) is 0.922. The van der Waals surface area contributed by atoms with Gasteiger partial charge in [-0.2, -0.15) is 0 Å². The lowest BCUT2D eigenvalue weighted by Crippen LogP contribution is -1.84. The lowest BCUT2D eigenvalue weighted by atomic mass is 10.4. The van der Waals surface area contributed by atoms with Crippen LogP contribution in [0.3, 0.4) is 0 Å². The van der Waals surface area contributed by atoms with Crippen molar-refractivity contribution in [3.63, 3.8) is 0 Å². The van der Waals surface area contributed by atoms with Crippen molar-refractivity contribution in [3.8, 4) is 0 Å². The first-order valence-corrected chi connectivity index (χ1v) is 3.64. The van der Waals surface area contributed by atoms with Gasteiger partial charge in [-0.25, -0.2) is 4.79 Å². The number of aliphatic carboxylic acids is 1. The van der Waals surface area contributed by atoms with Crippen LogP contribution >= 0.6 is 0 Å². The highest BCUT2D eigenvalue weighted by Crippen LogP contribution is 1.79. The van der Waals surface area contributed by atoms with Gasteiger partial charge in [-0.1, -0.05) is 13.0 Å². The van der Waals surface area contributed by atoms with E-state index in [1.165, 1.54) is 0 Å². The Balaban J connectivity index is 0.000000211. The summed E-state index contributed by atoms with van der Waals surface area (Å²) in [6, 6.07) is 3.67. The second-order valence-corrected chi connectivity index (χ2v) is 1.94. The van der Waals surface area contributed by atoms with Crippen molar-refractivity contribution in [3.05, 3.63) is 36.8 Å². The summed E-state index contributed by atoms with van der Waals surface area (Å²) in [5, 5.41) is 7.96. The minimum absolute atomic E-state index is 0.784. The van der Waals surface area contributed by atoms with Crippen LogP contribution in [0.2, 0.25) is 0 Å². The Kier molecular flexibility index (Phi) is 6.64. The molecule has 0 saturated carbocycles. The molecule has 0 amide bonds. The fourth-order valence-corrected chi connectivity index (χ4v) is 0.445. The number of carboxylic acid groups (broad SMARTS) is 1. The Morgan fingerprint density at radius 3 is 2.25 bits per heavy atom. The van der Waals surface area contributed by atoms with Crippen molar-refractivity contribution in [2.75, 3.05) is 0 Å². The van der Waals surface area contributed by atoms with Crippen LogP contribution in [0.15, 0.2) is 41.2 Å². The van der Waals surface area contributed by atoms with E-state index >= 15 is 0 Å². The first kappa shape index (κ1) is 10.5. The number of furan rings is 1. The van der Waals surface area contributed by atoms with Gasteiger partial charge in [-0.15, -0.1) is 0 Å². The van der Waals surface area contributed by atoms with E-state index in [0.717, 1.165) is 12.5 Å². The number of carboxylic acids is 1. The fourth-order valence-electron chi connectivity index (χ4n) is 0.445. The average Bonchev–Trinajstić information content (AvgIpc) is 2.57. The standard InChI is InChI=1S/C5H8O2.C4H4O/c1-2-3-4-5(6)7;1-2-4-5-3-1/h3-4H,2H2,1H3,(H,6,7);1-4H. The molecule has 12 heavy (non-hydrogen) atoms. The molecular formula is C9H12O3. The normalized spacial score (nSPS) is 9.08. The van der Waals surface area contributed by atoms with Crippen LogP contribution in [0.25, 0.3) is 0 Å². The number of rotatable bonds is 2. The lowest BCUT2D eigenvalue weighted by Gasteiger charge is -1.73. The van der Waals surface area contributed by atoms with Crippen molar-refractivity contribution < 1.29 is 14.3 Å². The van der Waals surface area contributed by atoms with E-state index in [2.05, 4.69) is 4.42 Å². The summed E-state index contributed by atoms with van der Waals surface area (Å²) in [6.45, 7) is 1.89. The van der Waals surface area contributed by atoms with E-state index in [1.54, 1.807) is 18.6 Å². The molecule has 0 unspecified atom stereocenters. The van der Waals surface area contributed by atoms with E-state index in [9.17, 15) is 4.79 Å². The predicted octanol–water partition coefficient (Wildman–Crippen LogP) is 2.32. The minimum atomic E-state index is -0.873. The molecule has 66 valence electrons. The Bertz CT molecular complexity index is 194. The van der Waals surface area contributed by atoms with E-state index in [0.29, 0.717) is 0 Å². The quantitative estimate of drug-likeness (QED) is 0.689. The van der Waals surface area contributed by atoms with Gasteiger partial charge in [0.1, 0.15) is 0 Å². The topological polar surface area (TPSA) is 50.4 Å². The van der Waals surface area contributed by atoms with Gasteiger partial charge in [0, 0.05) is 6.08 Å². The van der Waals surface area contributed by atoms with Crippen LogP contribution in [-0.4, -0.2) is 11.1 Å².